The third kappa shape index (κ3) is 3.74. The van der Waals surface area contributed by atoms with Crippen molar-refractivity contribution in [2.75, 3.05) is 7.11 Å². The van der Waals surface area contributed by atoms with Crippen molar-refractivity contribution < 1.29 is 9.53 Å². The van der Waals surface area contributed by atoms with Gasteiger partial charge in [0, 0.05) is 0 Å². The zero-order valence-electron chi connectivity index (χ0n) is 8.29. The van der Waals surface area contributed by atoms with Gasteiger partial charge in [-0.25, -0.2) is 0 Å². The molecule has 0 amide bonds. The lowest BCUT2D eigenvalue weighted by atomic mass is 10.0. The Kier molecular flexibility index (Phi) is 6.40. The molecule has 0 saturated carbocycles. The molecule has 1 aromatic carbocycles. The van der Waals surface area contributed by atoms with Gasteiger partial charge in [-0.15, -0.1) is 12.4 Å². The van der Waals surface area contributed by atoms with E-state index in [9.17, 15) is 4.79 Å². The van der Waals surface area contributed by atoms with Gasteiger partial charge in [0.05, 0.1) is 13.2 Å². The highest BCUT2D eigenvalue weighted by Gasteiger charge is 2.23. The van der Waals surface area contributed by atoms with Crippen molar-refractivity contribution in [3.05, 3.63) is 35.9 Å². The Labute approximate surface area is 101 Å². The van der Waals surface area contributed by atoms with E-state index in [1.165, 1.54) is 7.11 Å². The van der Waals surface area contributed by atoms with Gasteiger partial charge in [0.25, 0.3) is 0 Å². The van der Waals surface area contributed by atoms with Crippen molar-refractivity contribution in [3.8, 4) is 0 Å². The number of hydrogen-bond acceptors (Lipinski definition) is 4. The molecule has 0 heterocycles. The van der Waals surface area contributed by atoms with Crippen LogP contribution in [0, 0.1) is 0 Å². The molecule has 5 heteroatoms. The number of methoxy groups -OCH3 is 1. The molecule has 1 unspecified atom stereocenters. The smallest absolute Gasteiger partial charge is 0.320 e. The maximum atomic E-state index is 11.1. The monoisotopic (exact) mass is 247 g/mol. The molecule has 84 valence electrons. The van der Waals surface area contributed by atoms with Gasteiger partial charge in [-0.05, 0) is 5.56 Å². The molecule has 1 aromatic rings. The van der Waals surface area contributed by atoms with Gasteiger partial charge in [0.2, 0.25) is 0 Å². The molecule has 0 aromatic heterocycles. The number of nitrogens with two attached hydrogens (primary N) is 1. The minimum Gasteiger partial charge on any atom is -0.468 e. The molecule has 0 bridgehead atoms. The van der Waals surface area contributed by atoms with Crippen LogP contribution in [0.3, 0.4) is 0 Å². The first kappa shape index (κ1) is 14.3. The van der Waals surface area contributed by atoms with Crippen LogP contribution < -0.4 is 5.73 Å². The summed E-state index contributed by atoms with van der Waals surface area (Å²) < 4.78 is 4.56. The summed E-state index contributed by atoms with van der Waals surface area (Å²) in [6.07, 6.45) is 0. The summed E-state index contributed by atoms with van der Waals surface area (Å²) in [5.74, 6) is -0.412. The van der Waals surface area contributed by atoms with Crippen LogP contribution in [-0.4, -0.2) is 18.3 Å². The van der Waals surface area contributed by atoms with Crippen molar-refractivity contribution in [1.82, 2.24) is 0 Å². The van der Waals surface area contributed by atoms with E-state index in [2.05, 4.69) is 17.4 Å². The first-order chi connectivity index (χ1) is 6.66. The highest BCUT2D eigenvalue weighted by Crippen LogP contribution is 2.18. The Morgan fingerprint density at radius 2 is 1.93 bits per heavy atom. The molecular weight excluding hydrogens is 234 g/mol. The number of ether oxygens (including phenoxy) is 1. The van der Waals surface area contributed by atoms with E-state index in [1.807, 2.05) is 30.3 Å². The van der Waals surface area contributed by atoms with Gasteiger partial charge >= 0.3 is 5.97 Å². The van der Waals surface area contributed by atoms with E-state index < -0.39 is 17.3 Å². The predicted molar refractivity (Wildman–Crippen MR) is 65.4 cm³/mol. The number of esters is 1. The van der Waals surface area contributed by atoms with Crippen LogP contribution >= 0.6 is 25.0 Å². The largest absolute Gasteiger partial charge is 0.468 e. The van der Waals surface area contributed by atoms with Crippen LogP contribution in [0.4, 0.5) is 0 Å². The van der Waals surface area contributed by atoms with E-state index in [1.54, 1.807) is 0 Å². The molecule has 0 saturated heterocycles. The molecule has 0 aliphatic heterocycles. The molecule has 3 nitrogen and oxygen atoms in total. The molecule has 0 aliphatic rings. The maximum absolute atomic E-state index is 11.1. The minimum absolute atomic E-state index is 0. The van der Waals surface area contributed by atoms with Crippen LogP contribution in [-0.2, 0) is 9.53 Å². The van der Waals surface area contributed by atoms with Crippen LogP contribution in [0.2, 0.25) is 0 Å². The molecular formula is C10H14ClNO2S. The van der Waals surface area contributed by atoms with Gasteiger partial charge in [-0.2, -0.15) is 12.6 Å². The van der Waals surface area contributed by atoms with Gasteiger partial charge < -0.3 is 10.5 Å². The SMILES string of the molecule is COC(=O)C(S)[C@@H](N)c1ccccc1.Cl. The van der Waals surface area contributed by atoms with Crippen molar-refractivity contribution in [1.29, 1.82) is 0 Å². The summed E-state index contributed by atoms with van der Waals surface area (Å²) in [5, 5.41) is -0.623. The number of rotatable bonds is 3. The molecule has 2 N–H and O–H groups in total. The lowest BCUT2D eigenvalue weighted by Crippen LogP contribution is -2.30. The van der Waals surface area contributed by atoms with Gasteiger partial charge in [-0.3, -0.25) is 4.79 Å². The standard InChI is InChI=1S/C10H13NO2S.ClH/c1-13-10(12)9(14)8(11)7-5-3-2-4-6-7;/h2-6,8-9,14H,11H2,1H3;1H/t8-,9?;/m0./s1. The van der Waals surface area contributed by atoms with E-state index >= 15 is 0 Å². The Morgan fingerprint density at radius 3 is 2.40 bits per heavy atom. The Hall–Kier alpha value is -0.710. The first-order valence-corrected chi connectivity index (χ1v) is 4.75. The predicted octanol–water partition coefficient (Wildman–Crippen LogP) is 1.58. The fourth-order valence-electron chi connectivity index (χ4n) is 1.12. The van der Waals surface area contributed by atoms with Gasteiger partial charge in [0.15, 0.2) is 0 Å². The molecule has 0 fully saturated rings. The van der Waals surface area contributed by atoms with Crippen molar-refractivity contribution >= 4 is 31.0 Å². The Balaban J connectivity index is 0.00000196. The lowest BCUT2D eigenvalue weighted by molar-refractivity contribution is -0.140. The van der Waals surface area contributed by atoms with Crippen LogP contribution in [0.5, 0.6) is 0 Å². The highest BCUT2D eigenvalue weighted by molar-refractivity contribution is 7.81. The van der Waals surface area contributed by atoms with E-state index in [0.717, 1.165) is 5.56 Å². The second-order valence-corrected chi connectivity index (χ2v) is 3.46. The summed E-state index contributed by atoms with van der Waals surface area (Å²) in [6, 6.07) is 8.90. The summed E-state index contributed by atoms with van der Waals surface area (Å²) in [6.45, 7) is 0. The van der Waals surface area contributed by atoms with E-state index in [4.69, 9.17) is 5.73 Å². The number of carbonyl (C=O) groups is 1. The minimum atomic E-state index is -0.623. The molecule has 15 heavy (non-hydrogen) atoms. The summed E-state index contributed by atoms with van der Waals surface area (Å²) in [5.41, 5.74) is 6.71. The second-order valence-electron chi connectivity index (χ2n) is 2.90. The number of carbonyl (C=O) groups excluding carboxylic acids is 1. The molecule has 2 atom stereocenters. The zero-order valence-corrected chi connectivity index (χ0v) is 10.0. The quantitative estimate of drug-likeness (QED) is 0.630. The summed E-state index contributed by atoms with van der Waals surface area (Å²) in [7, 11) is 1.32. The lowest BCUT2D eigenvalue weighted by Gasteiger charge is -2.16. The van der Waals surface area contributed by atoms with E-state index in [-0.39, 0.29) is 12.4 Å². The van der Waals surface area contributed by atoms with Crippen molar-refractivity contribution in [3.63, 3.8) is 0 Å². The average molecular weight is 248 g/mol. The molecule has 0 spiro atoms. The van der Waals surface area contributed by atoms with Crippen molar-refractivity contribution in [2.24, 2.45) is 5.73 Å². The Morgan fingerprint density at radius 1 is 1.40 bits per heavy atom. The maximum Gasteiger partial charge on any atom is 0.320 e. The number of thiol groups is 1. The average Bonchev–Trinajstić information content (AvgIpc) is 2.27. The van der Waals surface area contributed by atoms with Crippen LogP contribution in [0.15, 0.2) is 30.3 Å². The fourth-order valence-corrected chi connectivity index (χ4v) is 1.40. The third-order valence-corrected chi connectivity index (χ3v) is 2.50. The summed E-state index contributed by atoms with van der Waals surface area (Å²) >= 11 is 4.11. The van der Waals surface area contributed by atoms with Crippen LogP contribution in [0.25, 0.3) is 0 Å². The number of benzene rings is 1. The first-order valence-electron chi connectivity index (χ1n) is 4.23. The number of hydrogen-bond donors (Lipinski definition) is 2. The van der Waals surface area contributed by atoms with Crippen LogP contribution in [0.1, 0.15) is 11.6 Å². The second kappa shape index (κ2) is 6.71. The van der Waals surface area contributed by atoms with Gasteiger partial charge in [0.1, 0.15) is 5.25 Å². The summed E-state index contributed by atoms with van der Waals surface area (Å²) in [4.78, 5) is 11.1. The molecule has 0 aliphatic carbocycles. The topological polar surface area (TPSA) is 52.3 Å². The number of halogens is 1. The molecule has 0 radical (unpaired) electrons. The highest BCUT2D eigenvalue weighted by atomic mass is 35.5. The Bertz CT molecular complexity index is 308. The zero-order chi connectivity index (χ0) is 10.6. The fraction of sp³-hybridized carbons (Fsp3) is 0.300. The van der Waals surface area contributed by atoms with Gasteiger partial charge in [-0.1, -0.05) is 30.3 Å². The third-order valence-electron chi connectivity index (χ3n) is 1.97. The normalized spacial score (nSPS) is 13.5. The molecule has 1 rings (SSSR count). The van der Waals surface area contributed by atoms with Crippen molar-refractivity contribution in [2.45, 2.75) is 11.3 Å². The van der Waals surface area contributed by atoms with E-state index in [0.29, 0.717) is 0 Å².